The number of thiophene rings is 1. The molecule has 1 saturated heterocycles. The molecule has 0 amide bonds. The molecule has 1 unspecified atom stereocenters. The number of halogens is 3. The Morgan fingerprint density at radius 1 is 1.37 bits per heavy atom. The minimum atomic E-state index is -4.33. The minimum Gasteiger partial charge on any atom is -0.206 e. The molecular formula is C11H14F3NO2S2. The van der Waals surface area contributed by atoms with Crippen LogP contribution in [-0.2, 0) is 10.0 Å². The highest BCUT2D eigenvalue weighted by atomic mass is 32.2. The van der Waals surface area contributed by atoms with Gasteiger partial charge in [0.25, 0.3) is 10.0 Å². The van der Waals surface area contributed by atoms with Crippen LogP contribution < -0.4 is 0 Å². The van der Waals surface area contributed by atoms with Gasteiger partial charge >= 0.3 is 6.18 Å². The molecule has 0 N–H and O–H groups in total. The molecule has 19 heavy (non-hydrogen) atoms. The quantitative estimate of drug-likeness (QED) is 0.841. The molecule has 1 fully saturated rings. The van der Waals surface area contributed by atoms with Gasteiger partial charge in [0.15, 0.2) is 0 Å². The van der Waals surface area contributed by atoms with Crippen LogP contribution in [0.3, 0.4) is 0 Å². The Labute approximate surface area is 114 Å². The van der Waals surface area contributed by atoms with Crippen LogP contribution in [0.4, 0.5) is 13.2 Å². The number of hydrogen-bond donors (Lipinski definition) is 0. The fraction of sp³-hybridized carbons (Fsp3) is 0.636. The van der Waals surface area contributed by atoms with Gasteiger partial charge in [-0.25, -0.2) is 8.42 Å². The van der Waals surface area contributed by atoms with Crippen LogP contribution in [0.1, 0.15) is 17.7 Å². The molecule has 1 atom stereocenters. The van der Waals surface area contributed by atoms with Crippen LogP contribution in [0, 0.1) is 12.8 Å². The number of rotatable bonds is 2. The van der Waals surface area contributed by atoms with E-state index in [4.69, 9.17) is 0 Å². The zero-order valence-electron chi connectivity index (χ0n) is 10.3. The van der Waals surface area contributed by atoms with Gasteiger partial charge in [-0.3, -0.25) is 0 Å². The third kappa shape index (κ3) is 3.11. The number of alkyl halides is 3. The smallest absolute Gasteiger partial charge is 0.206 e. The molecule has 1 aromatic rings. The van der Waals surface area contributed by atoms with E-state index >= 15 is 0 Å². The highest BCUT2D eigenvalue weighted by Gasteiger charge is 2.44. The SMILES string of the molecule is Cc1ccc(S(=O)(=O)N2CCCC(C(F)(F)F)C2)s1. The third-order valence-electron chi connectivity index (χ3n) is 3.16. The Morgan fingerprint density at radius 3 is 2.58 bits per heavy atom. The minimum absolute atomic E-state index is 0.00100. The molecule has 0 spiro atoms. The molecule has 8 heteroatoms. The Hall–Kier alpha value is -0.600. The van der Waals surface area contributed by atoms with Crippen molar-refractivity contribution in [2.75, 3.05) is 13.1 Å². The standard InChI is InChI=1S/C11H14F3NO2S2/c1-8-4-5-10(18-8)19(16,17)15-6-2-3-9(7-15)11(12,13)14/h4-5,9H,2-3,6-7H2,1H3. The van der Waals surface area contributed by atoms with Crippen LogP contribution in [0.15, 0.2) is 16.3 Å². The average molecular weight is 313 g/mol. The van der Waals surface area contributed by atoms with E-state index in [9.17, 15) is 21.6 Å². The summed E-state index contributed by atoms with van der Waals surface area (Å²) in [6.45, 7) is 1.45. The van der Waals surface area contributed by atoms with Gasteiger partial charge in [-0.2, -0.15) is 17.5 Å². The summed E-state index contributed by atoms with van der Waals surface area (Å²) in [4.78, 5) is 0.822. The lowest BCUT2D eigenvalue weighted by Gasteiger charge is -2.32. The zero-order valence-corrected chi connectivity index (χ0v) is 11.9. The predicted molar refractivity (Wildman–Crippen MR) is 66.6 cm³/mol. The molecule has 0 bridgehead atoms. The van der Waals surface area contributed by atoms with E-state index in [-0.39, 0.29) is 23.6 Å². The number of nitrogens with zero attached hydrogens (tertiary/aromatic N) is 1. The fourth-order valence-electron chi connectivity index (χ4n) is 2.11. The van der Waals surface area contributed by atoms with E-state index in [1.165, 1.54) is 6.07 Å². The monoisotopic (exact) mass is 313 g/mol. The Morgan fingerprint density at radius 2 is 2.05 bits per heavy atom. The van der Waals surface area contributed by atoms with E-state index in [2.05, 4.69) is 0 Å². The maximum absolute atomic E-state index is 12.7. The maximum Gasteiger partial charge on any atom is 0.393 e. The molecule has 0 saturated carbocycles. The zero-order chi connectivity index (χ0) is 14.3. The van der Waals surface area contributed by atoms with Crippen molar-refractivity contribution in [3.63, 3.8) is 0 Å². The second-order valence-electron chi connectivity index (χ2n) is 4.61. The molecule has 1 aliphatic rings. The summed E-state index contributed by atoms with van der Waals surface area (Å²) in [5.41, 5.74) is 0. The lowest BCUT2D eigenvalue weighted by atomic mass is 9.99. The first-order valence-electron chi connectivity index (χ1n) is 5.84. The topological polar surface area (TPSA) is 37.4 Å². The van der Waals surface area contributed by atoms with E-state index in [1.54, 1.807) is 13.0 Å². The molecule has 2 rings (SSSR count). The summed E-state index contributed by atoms with van der Waals surface area (Å²) in [5, 5.41) is 0. The van der Waals surface area contributed by atoms with Crippen LogP contribution in [0.25, 0.3) is 0 Å². The average Bonchev–Trinajstić information content (AvgIpc) is 2.76. The van der Waals surface area contributed by atoms with E-state index in [0.717, 1.165) is 20.5 Å². The van der Waals surface area contributed by atoms with Gasteiger partial charge in [0.1, 0.15) is 4.21 Å². The van der Waals surface area contributed by atoms with Crippen LogP contribution in [0.5, 0.6) is 0 Å². The Bertz CT molecular complexity index is 551. The number of hydrogen-bond acceptors (Lipinski definition) is 3. The largest absolute Gasteiger partial charge is 0.393 e. The second kappa shape index (κ2) is 5.06. The number of sulfonamides is 1. The first-order chi connectivity index (χ1) is 8.71. The first-order valence-corrected chi connectivity index (χ1v) is 8.10. The molecule has 0 aliphatic carbocycles. The van der Waals surface area contributed by atoms with Crippen LogP contribution in [0.2, 0.25) is 0 Å². The molecular weight excluding hydrogens is 299 g/mol. The van der Waals surface area contributed by atoms with Gasteiger partial charge in [-0.1, -0.05) is 0 Å². The third-order valence-corrected chi connectivity index (χ3v) is 6.49. The van der Waals surface area contributed by atoms with E-state index in [0.29, 0.717) is 0 Å². The van der Waals surface area contributed by atoms with Gasteiger partial charge in [-0.05, 0) is 31.9 Å². The van der Waals surface area contributed by atoms with Crippen LogP contribution in [-0.4, -0.2) is 32.0 Å². The van der Waals surface area contributed by atoms with Crippen molar-refractivity contribution < 1.29 is 21.6 Å². The molecule has 0 aromatic carbocycles. The van der Waals surface area contributed by atoms with Gasteiger partial charge < -0.3 is 0 Å². The lowest BCUT2D eigenvalue weighted by molar-refractivity contribution is -0.182. The van der Waals surface area contributed by atoms with Crippen molar-refractivity contribution in [3.05, 3.63) is 17.0 Å². The molecule has 108 valence electrons. The predicted octanol–water partition coefficient (Wildman–Crippen LogP) is 3.02. The highest BCUT2D eigenvalue weighted by molar-refractivity contribution is 7.91. The summed E-state index contributed by atoms with van der Waals surface area (Å²) < 4.78 is 63.6. The van der Waals surface area contributed by atoms with Crippen molar-refractivity contribution in [3.8, 4) is 0 Å². The van der Waals surface area contributed by atoms with Gasteiger partial charge in [0.2, 0.25) is 0 Å². The molecule has 3 nitrogen and oxygen atoms in total. The van der Waals surface area contributed by atoms with Gasteiger partial charge in [0.05, 0.1) is 5.92 Å². The fourth-order valence-corrected chi connectivity index (χ4v) is 5.07. The summed E-state index contributed by atoms with van der Waals surface area (Å²) in [6.07, 6.45) is -4.09. The maximum atomic E-state index is 12.7. The van der Waals surface area contributed by atoms with Crippen molar-refractivity contribution >= 4 is 21.4 Å². The highest BCUT2D eigenvalue weighted by Crippen LogP contribution is 2.35. The molecule has 0 radical (unpaired) electrons. The first kappa shape index (κ1) is 14.8. The normalized spacial score (nSPS) is 22.6. The summed E-state index contributed by atoms with van der Waals surface area (Å²) in [5.74, 6) is -1.56. The number of piperidine rings is 1. The Kier molecular flexibility index (Phi) is 3.95. The number of aryl methyl sites for hydroxylation is 1. The van der Waals surface area contributed by atoms with Gasteiger partial charge in [-0.15, -0.1) is 11.3 Å². The molecule has 1 aromatic heterocycles. The molecule has 1 aliphatic heterocycles. The van der Waals surface area contributed by atoms with Gasteiger partial charge in [0, 0.05) is 18.0 Å². The van der Waals surface area contributed by atoms with Crippen molar-refractivity contribution in [2.24, 2.45) is 5.92 Å². The summed E-state index contributed by atoms with van der Waals surface area (Å²) in [6, 6.07) is 3.11. The van der Waals surface area contributed by atoms with E-state index < -0.39 is 28.7 Å². The summed E-state index contributed by atoms with van der Waals surface area (Å²) >= 11 is 1.09. The van der Waals surface area contributed by atoms with Crippen LogP contribution >= 0.6 is 11.3 Å². The van der Waals surface area contributed by atoms with Crippen molar-refractivity contribution in [1.29, 1.82) is 0 Å². The van der Waals surface area contributed by atoms with Crippen molar-refractivity contribution in [2.45, 2.75) is 30.2 Å². The van der Waals surface area contributed by atoms with Crippen molar-refractivity contribution in [1.82, 2.24) is 4.31 Å². The van der Waals surface area contributed by atoms with E-state index in [1.807, 2.05) is 0 Å². The Balaban J connectivity index is 2.22. The second-order valence-corrected chi connectivity index (χ2v) is 8.06. The molecule has 2 heterocycles. The summed E-state index contributed by atoms with van der Waals surface area (Å²) in [7, 11) is -3.78. The lowest BCUT2D eigenvalue weighted by Crippen LogP contribution is -2.44.